The summed E-state index contributed by atoms with van der Waals surface area (Å²) in [6, 6.07) is 6.83. The highest BCUT2D eigenvalue weighted by molar-refractivity contribution is 6.40. The van der Waals surface area contributed by atoms with Crippen molar-refractivity contribution in [3.8, 4) is 73.4 Å². The predicted octanol–water partition coefficient (Wildman–Crippen LogP) is 16.1. The van der Waals surface area contributed by atoms with Crippen LogP contribution in [0.1, 0.15) is 107 Å². The predicted molar refractivity (Wildman–Crippen MR) is 498 cm³/mol. The van der Waals surface area contributed by atoms with Crippen LogP contribution in [0, 0.1) is 73.1 Å². The number of hydrogen-bond acceptors (Lipinski definition) is 21. The molecule has 4 N–H and O–H groups in total. The van der Waals surface area contributed by atoms with Gasteiger partial charge in [0.15, 0.2) is 58.1 Å². The van der Waals surface area contributed by atoms with Gasteiger partial charge in [-0.1, -0.05) is 96.1 Å². The van der Waals surface area contributed by atoms with E-state index in [9.17, 15) is 62.1 Å². The number of amides is 4. The van der Waals surface area contributed by atoms with E-state index in [0.717, 1.165) is 48.9 Å². The van der Waals surface area contributed by atoms with E-state index in [-0.39, 0.29) is 178 Å². The molecule has 136 heavy (non-hydrogen) atoms. The molecule has 6 aliphatic rings. The number of aromatic hydroxyl groups is 3. The number of nitrogens with zero attached hydrogens (tertiary/aromatic N) is 16. The SMILES string of the molecule is C=CC(=O)N1CC(C)N2c3nc(=O)n(-c4c(C)ccnc4C(C)C)c4c(F)c(-c5c(O)ccc(F)c5F)c(Cl)c(c34)NCC2C1.C=CC(=O)N1CC(C)N2c3nc(=O)n(-c4c(C)ccnc4C(C)C)c4c(F)c(-c5c(O)ccc(F)c5F)c(Cl)c(c34)OCC2C1.C=CC(=O)N1CCN2c3nc(=O)n(-c4c(C)ccnc4C(C)C)c4c(F)c(-c5c(O)ccc(F)c5F)c(Cl)c(c34)N(C)C(=O)C2C1. The Balaban J connectivity index is 0.000000148. The number of pyridine rings is 3. The third-order valence-electron chi connectivity index (χ3n) is 25.3. The first-order valence-electron chi connectivity index (χ1n) is 43.1. The van der Waals surface area contributed by atoms with E-state index >= 15 is 26.3 Å². The van der Waals surface area contributed by atoms with Gasteiger partial charge in [0.1, 0.15) is 63.9 Å². The molecule has 4 amide bonds. The molecular formula is C96H87Cl3F9N17O11. The van der Waals surface area contributed by atoms with Crippen LogP contribution in [-0.2, 0) is 19.2 Å². The number of hydrogen-bond donors (Lipinski definition) is 4. The molecule has 0 bridgehead atoms. The van der Waals surface area contributed by atoms with Crippen molar-refractivity contribution in [2.45, 2.75) is 124 Å². The lowest BCUT2D eigenvalue weighted by atomic mass is 9.98. The Bertz CT molecular complexity index is 7110. The number of ether oxygens (including phenoxy) is 1. The summed E-state index contributed by atoms with van der Waals surface area (Å²) in [6.45, 7) is 31.7. The van der Waals surface area contributed by atoms with E-state index < -0.39 is 172 Å². The van der Waals surface area contributed by atoms with Crippen molar-refractivity contribution in [2.24, 2.45) is 0 Å². The van der Waals surface area contributed by atoms with Crippen molar-refractivity contribution in [2.75, 3.05) is 90.9 Å². The second kappa shape index (κ2) is 36.3. The van der Waals surface area contributed by atoms with Crippen LogP contribution >= 0.6 is 34.8 Å². The quantitative estimate of drug-likeness (QED) is 0.0652. The van der Waals surface area contributed by atoms with Gasteiger partial charge in [-0.05, 0) is 142 Å². The van der Waals surface area contributed by atoms with Gasteiger partial charge in [0.05, 0.1) is 112 Å². The van der Waals surface area contributed by atoms with Crippen molar-refractivity contribution < 1.29 is 78.7 Å². The third kappa shape index (κ3) is 15.4. The lowest BCUT2D eigenvalue weighted by Crippen LogP contribution is -2.61. The molecule has 706 valence electrons. The fraction of sp³-hybridized carbons (Fsp3) is 0.302. The summed E-state index contributed by atoms with van der Waals surface area (Å²) in [5.74, 6) is -17.0. The van der Waals surface area contributed by atoms with Crippen LogP contribution in [0.3, 0.4) is 0 Å². The normalized spacial score (nSPS) is 17.2. The summed E-state index contributed by atoms with van der Waals surface area (Å²) >= 11 is 20.5. The zero-order valence-electron chi connectivity index (χ0n) is 75.1. The number of benzene rings is 6. The second-order valence-electron chi connectivity index (χ2n) is 34.7. The number of halogens is 12. The van der Waals surface area contributed by atoms with Crippen LogP contribution in [-0.4, -0.2) is 193 Å². The van der Waals surface area contributed by atoms with E-state index in [1.165, 1.54) is 29.0 Å². The molecule has 6 aromatic heterocycles. The van der Waals surface area contributed by atoms with E-state index in [1.54, 1.807) is 72.3 Å². The summed E-state index contributed by atoms with van der Waals surface area (Å²) in [6.07, 6.45) is 8.24. The number of carbonyl (C=O) groups excluding carboxylic acids is 4. The van der Waals surface area contributed by atoms with Crippen LogP contribution in [0.4, 0.5) is 68.3 Å². The van der Waals surface area contributed by atoms with Crippen molar-refractivity contribution >= 4 is 120 Å². The molecule has 0 radical (unpaired) electrons. The summed E-state index contributed by atoms with van der Waals surface area (Å²) in [5.41, 5.74) is -4.58. The van der Waals surface area contributed by atoms with Crippen molar-refractivity contribution in [3.05, 3.63) is 244 Å². The molecule has 28 nitrogen and oxygen atoms in total. The van der Waals surface area contributed by atoms with Gasteiger partial charge >= 0.3 is 17.1 Å². The molecule has 12 heterocycles. The standard InChI is InChI=1S/C32H28ClF3N6O4.C32H30ClF3N6O3.C32H29ClF3N5O4/c1-6-19(44)40-11-12-41-17(13-40)31(45)39(5)28-22-29(25(36)21(23(28)33)20-18(43)8-7-16(34)24(20)35)42(32(46)38-30(22)41)27-15(4)9-10-37-26(27)14(2)3;1-6-20(44)40-12-16(5)41-17(13-40)11-38-28-23-30(26(36)22(24(28)33)21-19(43)8-7-18(34)25(21)35)42(32(45)39-31(23)41)29-15(4)9-10-37-27(29)14(2)3;1-6-20(43)39-11-16(5)40-17(12-39)13-45-30-23-29(26(36)22(24(30)33)21-19(42)8-7-18(34)25(21)35)41(32(44)38-31(23)40)28-15(4)9-10-37-27(28)14(2)3/h6-10,14,17,43H,1,11-13H2,2-5H3;6-10,14,16-17,38,43H,1,11-13H2,2-5H3;6-10,14,16-17,42H,1,11-13H2,2-5H3. The maximum atomic E-state index is 17.3. The molecule has 3 fully saturated rings. The van der Waals surface area contributed by atoms with Crippen molar-refractivity contribution in [3.63, 3.8) is 0 Å². The molecular weight excluding hydrogens is 1840 g/mol. The number of nitrogens with one attached hydrogen (secondary N) is 1. The Morgan fingerprint density at radius 1 is 0.463 bits per heavy atom. The van der Waals surface area contributed by atoms with E-state index in [0.29, 0.717) is 45.9 Å². The first kappa shape index (κ1) is 95.1. The van der Waals surface area contributed by atoms with E-state index in [2.05, 4.69) is 55.0 Å². The van der Waals surface area contributed by atoms with Crippen LogP contribution in [0.15, 0.2) is 126 Å². The number of fused-ring (bicyclic) bond motifs is 6. The molecule has 6 aliphatic heterocycles. The largest absolute Gasteiger partial charge is 0.507 e. The number of carbonyl (C=O) groups is 4. The van der Waals surface area contributed by atoms with Crippen molar-refractivity contribution in [1.29, 1.82) is 0 Å². The lowest BCUT2D eigenvalue weighted by molar-refractivity contribution is -0.129. The first-order chi connectivity index (χ1) is 64.5. The van der Waals surface area contributed by atoms with Gasteiger partial charge in [-0.2, -0.15) is 15.0 Å². The fourth-order valence-electron chi connectivity index (χ4n) is 19.2. The highest BCUT2D eigenvalue weighted by Gasteiger charge is 2.48. The average molecular weight is 1930 g/mol. The molecule has 6 aromatic carbocycles. The number of phenolic OH excluding ortho intramolecular Hbond substituents is 3. The topological polar surface area (TPSA) is 316 Å². The van der Waals surface area contributed by atoms with Gasteiger partial charge in [-0.25, -0.2) is 53.9 Å². The molecule has 5 unspecified atom stereocenters. The van der Waals surface area contributed by atoms with E-state index in [1.807, 2.05) is 60.3 Å². The summed E-state index contributed by atoms with van der Waals surface area (Å²) < 4.78 is 151. The summed E-state index contributed by atoms with van der Waals surface area (Å²) in [7, 11) is 1.36. The molecule has 40 heteroatoms. The monoisotopic (exact) mass is 1930 g/mol. The molecule has 12 aromatic rings. The Morgan fingerprint density at radius 2 is 0.838 bits per heavy atom. The number of anilines is 5. The summed E-state index contributed by atoms with van der Waals surface area (Å²) in [5, 5.41) is 34.1. The zero-order valence-corrected chi connectivity index (χ0v) is 77.3. The molecule has 0 aliphatic carbocycles. The van der Waals surface area contributed by atoms with Gasteiger partial charge in [0, 0.05) is 100 Å². The minimum atomic E-state index is -1.59. The highest BCUT2D eigenvalue weighted by Crippen LogP contribution is 2.56. The van der Waals surface area contributed by atoms with Gasteiger partial charge < -0.3 is 59.7 Å². The maximum Gasteiger partial charge on any atom is 0.354 e. The van der Waals surface area contributed by atoms with Crippen LogP contribution < -0.4 is 46.7 Å². The first-order valence-corrected chi connectivity index (χ1v) is 44.2. The lowest BCUT2D eigenvalue weighted by Gasteiger charge is -2.45. The second-order valence-corrected chi connectivity index (χ2v) is 35.8. The number of phenols is 3. The Morgan fingerprint density at radius 3 is 1.26 bits per heavy atom. The molecule has 18 rings (SSSR count). The van der Waals surface area contributed by atoms with Gasteiger partial charge in [0.2, 0.25) is 17.7 Å². The number of piperazine rings is 3. The minimum Gasteiger partial charge on any atom is -0.507 e. The van der Waals surface area contributed by atoms with Gasteiger partial charge in [0.25, 0.3) is 5.91 Å². The zero-order chi connectivity index (χ0) is 98.3. The van der Waals surface area contributed by atoms with Crippen LogP contribution in [0.25, 0.3) is 83.2 Å². The number of likely N-dealkylation sites (N-methyl/N-ethyl adjacent to an activating group) is 1. The van der Waals surface area contributed by atoms with Gasteiger partial charge in [-0.15, -0.1) is 0 Å². The summed E-state index contributed by atoms with van der Waals surface area (Å²) in [4.78, 5) is 132. The molecule has 3 saturated heterocycles. The number of aromatic nitrogens is 9. The minimum absolute atomic E-state index is 0.0213. The van der Waals surface area contributed by atoms with E-state index in [4.69, 9.17) is 39.5 Å². The highest BCUT2D eigenvalue weighted by atomic mass is 35.5. The third-order valence-corrected chi connectivity index (χ3v) is 26.4. The van der Waals surface area contributed by atoms with Crippen LogP contribution in [0.2, 0.25) is 15.1 Å². The molecule has 0 spiro atoms. The fourth-order valence-corrected chi connectivity index (χ4v) is 20.2. The Kier molecular flexibility index (Phi) is 25.4. The Labute approximate surface area is 785 Å². The number of aryl methyl sites for hydroxylation is 3. The molecule has 0 saturated carbocycles. The maximum absolute atomic E-state index is 17.3. The van der Waals surface area contributed by atoms with Gasteiger partial charge in [-0.3, -0.25) is 47.8 Å². The van der Waals surface area contributed by atoms with Crippen LogP contribution in [0.5, 0.6) is 23.0 Å². The Hall–Kier alpha value is -14.1. The smallest absolute Gasteiger partial charge is 0.354 e. The van der Waals surface area contributed by atoms with Crippen molar-refractivity contribution in [1.82, 2.24) is 58.3 Å². The number of rotatable bonds is 12. The molecule has 5 atom stereocenters. The average Bonchev–Trinajstić information content (AvgIpc) is 1.35.